The van der Waals surface area contributed by atoms with E-state index in [4.69, 9.17) is 0 Å². The maximum absolute atomic E-state index is 4.46. The van der Waals surface area contributed by atoms with E-state index < -0.39 is 0 Å². The van der Waals surface area contributed by atoms with Crippen molar-refractivity contribution in [3.05, 3.63) is 30.1 Å². The Balaban J connectivity index is 2.84. The fourth-order valence-corrected chi connectivity index (χ4v) is 1.86. The molecule has 0 aliphatic rings. The van der Waals surface area contributed by atoms with Gasteiger partial charge in [0.2, 0.25) is 0 Å². The van der Waals surface area contributed by atoms with E-state index in [2.05, 4.69) is 30.1 Å². The van der Waals surface area contributed by atoms with Crippen LogP contribution in [0.15, 0.2) is 18.9 Å². The molecule has 0 spiro atoms. The third kappa shape index (κ3) is 2.93. The highest BCUT2D eigenvalue weighted by atomic mass is 15.3. The maximum Gasteiger partial charge on any atom is 0.0669 e. The number of hydrogen-bond acceptors (Lipinski definition) is 2. The van der Waals surface area contributed by atoms with E-state index in [-0.39, 0.29) is 0 Å². The van der Waals surface area contributed by atoms with Gasteiger partial charge < -0.3 is 5.32 Å². The first-order valence-electron chi connectivity index (χ1n) is 5.53. The fraction of sp³-hybridized carbons (Fsp3) is 0.583. The largest absolute Gasteiger partial charge is 0.313 e. The lowest BCUT2D eigenvalue weighted by Gasteiger charge is -2.14. The minimum Gasteiger partial charge on any atom is -0.313 e. The van der Waals surface area contributed by atoms with Crippen LogP contribution in [0.1, 0.15) is 37.1 Å². The Morgan fingerprint density at radius 2 is 2.40 bits per heavy atom. The van der Waals surface area contributed by atoms with Gasteiger partial charge in [0, 0.05) is 24.8 Å². The summed E-state index contributed by atoms with van der Waals surface area (Å²) in [6.07, 6.45) is 7.18. The van der Waals surface area contributed by atoms with Crippen LogP contribution >= 0.6 is 0 Å². The molecule has 15 heavy (non-hydrogen) atoms. The van der Waals surface area contributed by atoms with Crippen LogP contribution in [0, 0.1) is 0 Å². The summed E-state index contributed by atoms with van der Waals surface area (Å²) in [6, 6.07) is 0.395. The molecule has 0 aromatic carbocycles. The Hall–Kier alpha value is -1.09. The molecule has 0 saturated carbocycles. The second kappa shape index (κ2) is 5.71. The van der Waals surface area contributed by atoms with E-state index >= 15 is 0 Å². The monoisotopic (exact) mass is 207 g/mol. The predicted octanol–water partition coefficient (Wildman–Crippen LogP) is 2.21. The van der Waals surface area contributed by atoms with Crippen LogP contribution in [0.4, 0.5) is 0 Å². The van der Waals surface area contributed by atoms with Crippen molar-refractivity contribution in [2.75, 3.05) is 7.05 Å². The number of aromatic nitrogens is 2. The summed E-state index contributed by atoms with van der Waals surface area (Å²) in [5.41, 5.74) is 2.52. The first kappa shape index (κ1) is 12.0. The topological polar surface area (TPSA) is 29.9 Å². The molecule has 0 amide bonds. The summed E-state index contributed by atoms with van der Waals surface area (Å²) in [5, 5.41) is 7.80. The number of aryl methyl sites for hydroxylation is 2. The van der Waals surface area contributed by atoms with Gasteiger partial charge in [-0.25, -0.2) is 0 Å². The maximum atomic E-state index is 4.46. The molecule has 1 N–H and O–H groups in total. The molecule has 3 nitrogen and oxygen atoms in total. The second-order valence-electron chi connectivity index (χ2n) is 3.77. The van der Waals surface area contributed by atoms with Crippen molar-refractivity contribution in [1.82, 2.24) is 15.1 Å². The second-order valence-corrected chi connectivity index (χ2v) is 3.77. The van der Waals surface area contributed by atoms with Gasteiger partial charge in [-0.2, -0.15) is 5.10 Å². The van der Waals surface area contributed by atoms with E-state index in [1.54, 1.807) is 0 Å². The Morgan fingerprint density at radius 3 is 2.93 bits per heavy atom. The molecule has 0 aliphatic heterocycles. The van der Waals surface area contributed by atoms with Gasteiger partial charge in [0.1, 0.15) is 0 Å². The highest BCUT2D eigenvalue weighted by Gasteiger charge is 2.14. The number of nitrogens with zero attached hydrogens (tertiary/aromatic N) is 2. The molecule has 3 heteroatoms. The van der Waals surface area contributed by atoms with Crippen molar-refractivity contribution < 1.29 is 0 Å². The molecule has 1 rings (SSSR count). The first-order valence-corrected chi connectivity index (χ1v) is 5.53. The zero-order valence-corrected chi connectivity index (χ0v) is 9.95. The van der Waals surface area contributed by atoms with Crippen LogP contribution in [0.5, 0.6) is 0 Å². The van der Waals surface area contributed by atoms with Crippen LogP contribution in [0.2, 0.25) is 0 Å². The zero-order chi connectivity index (χ0) is 11.3. The SMILES string of the molecule is C=CCCC(NC)c1cn(C)nc1CC. The van der Waals surface area contributed by atoms with Gasteiger partial charge in [-0.15, -0.1) is 6.58 Å². The number of hydrogen-bond donors (Lipinski definition) is 1. The van der Waals surface area contributed by atoms with Gasteiger partial charge in [0.25, 0.3) is 0 Å². The van der Waals surface area contributed by atoms with E-state index in [9.17, 15) is 0 Å². The van der Waals surface area contributed by atoms with Crippen molar-refractivity contribution in [2.45, 2.75) is 32.2 Å². The van der Waals surface area contributed by atoms with Crippen LogP contribution in [0.25, 0.3) is 0 Å². The minimum absolute atomic E-state index is 0.395. The summed E-state index contributed by atoms with van der Waals surface area (Å²) in [5.74, 6) is 0. The predicted molar refractivity (Wildman–Crippen MR) is 63.8 cm³/mol. The molecule has 1 heterocycles. The zero-order valence-electron chi connectivity index (χ0n) is 9.95. The molecule has 1 aromatic rings. The van der Waals surface area contributed by atoms with Crippen molar-refractivity contribution in [3.8, 4) is 0 Å². The third-order valence-corrected chi connectivity index (χ3v) is 2.66. The molecule has 0 radical (unpaired) electrons. The summed E-state index contributed by atoms with van der Waals surface area (Å²) in [7, 11) is 3.98. The lowest BCUT2D eigenvalue weighted by atomic mass is 10.0. The van der Waals surface area contributed by atoms with Crippen molar-refractivity contribution in [1.29, 1.82) is 0 Å². The van der Waals surface area contributed by atoms with Crippen molar-refractivity contribution in [2.24, 2.45) is 7.05 Å². The molecular weight excluding hydrogens is 186 g/mol. The third-order valence-electron chi connectivity index (χ3n) is 2.66. The van der Waals surface area contributed by atoms with Crippen molar-refractivity contribution in [3.63, 3.8) is 0 Å². The van der Waals surface area contributed by atoms with Gasteiger partial charge in [-0.3, -0.25) is 4.68 Å². The highest BCUT2D eigenvalue weighted by Crippen LogP contribution is 2.21. The molecule has 1 atom stereocenters. The number of rotatable bonds is 6. The highest BCUT2D eigenvalue weighted by molar-refractivity contribution is 5.21. The summed E-state index contributed by atoms with van der Waals surface area (Å²) < 4.78 is 1.90. The lowest BCUT2D eigenvalue weighted by molar-refractivity contribution is 0.550. The van der Waals surface area contributed by atoms with Crippen LogP contribution in [-0.4, -0.2) is 16.8 Å². The Bertz CT molecular complexity index is 315. The van der Waals surface area contributed by atoms with Gasteiger partial charge in [-0.05, 0) is 26.3 Å². The van der Waals surface area contributed by atoms with E-state index in [1.807, 2.05) is 24.9 Å². The molecular formula is C12H21N3. The van der Waals surface area contributed by atoms with Crippen molar-refractivity contribution >= 4 is 0 Å². The standard InChI is InChI=1S/C12H21N3/c1-5-7-8-12(13-3)10-9-15(4)14-11(10)6-2/h5,9,12-13H,1,6-8H2,2-4H3. The fourth-order valence-electron chi connectivity index (χ4n) is 1.86. The lowest BCUT2D eigenvalue weighted by Crippen LogP contribution is -2.16. The van der Waals surface area contributed by atoms with Crippen LogP contribution in [-0.2, 0) is 13.5 Å². The first-order chi connectivity index (χ1) is 7.22. The average molecular weight is 207 g/mol. The van der Waals surface area contributed by atoms with E-state index in [1.165, 1.54) is 11.3 Å². The molecule has 0 bridgehead atoms. The summed E-state index contributed by atoms with van der Waals surface area (Å²) in [4.78, 5) is 0. The van der Waals surface area contributed by atoms with Gasteiger partial charge in [0.15, 0.2) is 0 Å². The summed E-state index contributed by atoms with van der Waals surface area (Å²) in [6.45, 7) is 5.90. The van der Waals surface area contributed by atoms with Crippen LogP contribution < -0.4 is 5.32 Å². The van der Waals surface area contributed by atoms with E-state index in [0.29, 0.717) is 6.04 Å². The number of nitrogens with one attached hydrogen (secondary N) is 1. The number of allylic oxidation sites excluding steroid dienone is 1. The molecule has 1 aromatic heterocycles. The van der Waals surface area contributed by atoms with Crippen LogP contribution in [0.3, 0.4) is 0 Å². The molecule has 0 saturated heterocycles. The normalized spacial score (nSPS) is 12.7. The Kier molecular flexibility index (Phi) is 4.56. The van der Waals surface area contributed by atoms with E-state index in [0.717, 1.165) is 19.3 Å². The van der Waals surface area contributed by atoms with Gasteiger partial charge in [0.05, 0.1) is 5.69 Å². The molecule has 84 valence electrons. The quantitative estimate of drug-likeness (QED) is 0.725. The van der Waals surface area contributed by atoms with Gasteiger partial charge >= 0.3 is 0 Å². The molecule has 1 unspecified atom stereocenters. The minimum atomic E-state index is 0.395. The Labute approximate surface area is 92.2 Å². The van der Waals surface area contributed by atoms with Gasteiger partial charge in [-0.1, -0.05) is 13.0 Å². The smallest absolute Gasteiger partial charge is 0.0669 e. The Morgan fingerprint density at radius 1 is 1.67 bits per heavy atom. The average Bonchev–Trinajstić information content (AvgIpc) is 2.61. The summed E-state index contributed by atoms with van der Waals surface area (Å²) >= 11 is 0. The molecule has 0 aliphatic carbocycles. The molecule has 0 fully saturated rings.